The molecule has 3 aromatic rings. The van der Waals surface area contributed by atoms with Crippen molar-refractivity contribution in [2.24, 2.45) is 0 Å². The first-order chi connectivity index (χ1) is 18.7. The molecule has 0 heterocycles. The molecule has 210 valence electrons. The molecule has 0 saturated carbocycles. The van der Waals surface area contributed by atoms with Crippen LogP contribution in [0.4, 0.5) is 10.1 Å². The first-order valence-electron chi connectivity index (χ1n) is 11.3. The monoisotopic (exact) mass is 563 g/mol. The Labute approximate surface area is 226 Å². The first kappa shape index (κ1) is 29.2. The van der Waals surface area contributed by atoms with Crippen LogP contribution in [0.15, 0.2) is 41.3 Å². The van der Waals surface area contributed by atoms with Gasteiger partial charge in [-0.15, -0.1) is 0 Å². The van der Waals surface area contributed by atoms with Crippen LogP contribution in [-0.4, -0.2) is 58.2 Å². The number of halogens is 1. The zero-order valence-electron chi connectivity index (χ0n) is 22.6. The van der Waals surface area contributed by atoms with E-state index in [4.69, 9.17) is 33.2 Å². The predicted molar refractivity (Wildman–Crippen MR) is 145 cm³/mol. The van der Waals surface area contributed by atoms with Gasteiger partial charge in [0.15, 0.2) is 34.6 Å². The number of ether oxygens (including phenoxy) is 7. The van der Waals surface area contributed by atoms with Crippen molar-refractivity contribution in [1.82, 2.24) is 0 Å². The molecular formula is C27H30FNO9S. The van der Waals surface area contributed by atoms with Crippen molar-refractivity contribution < 1.29 is 46.0 Å². The van der Waals surface area contributed by atoms with Crippen molar-refractivity contribution in [2.45, 2.75) is 4.90 Å². The van der Waals surface area contributed by atoms with Gasteiger partial charge in [-0.25, -0.2) is 12.8 Å². The van der Waals surface area contributed by atoms with Crippen LogP contribution in [0.2, 0.25) is 0 Å². The van der Waals surface area contributed by atoms with E-state index < -0.39 is 15.8 Å². The largest absolute Gasteiger partial charge is 0.493 e. The number of sulfonamides is 1. The summed E-state index contributed by atoms with van der Waals surface area (Å²) in [4.78, 5) is -0.206. The zero-order valence-corrected chi connectivity index (χ0v) is 23.4. The van der Waals surface area contributed by atoms with Gasteiger partial charge in [0.1, 0.15) is 5.69 Å². The van der Waals surface area contributed by atoms with Crippen LogP contribution >= 0.6 is 0 Å². The molecule has 3 rings (SSSR count). The maximum Gasteiger partial charge on any atom is 0.262 e. The van der Waals surface area contributed by atoms with E-state index in [0.29, 0.717) is 28.4 Å². The fraction of sp³-hybridized carbons (Fsp3) is 0.259. The third-order valence-corrected chi connectivity index (χ3v) is 7.00. The van der Waals surface area contributed by atoms with Crippen LogP contribution in [0.3, 0.4) is 0 Å². The van der Waals surface area contributed by atoms with Crippen molar-refractivity contribution in [3.8, 4) is 40.2 Å². The third kappa shape index (κ3) is 6.06. The van der Waals surface area contributed by atoms with E-state index in [-0.39, 0.29) is 33.6 Å². The Morgan fingerprint density at radius 3 is 1.54 bits per heavy atom. The van der Waals surface area contributed by atoms with E-state index >= 15 is 0 Å². The zero-order chi connectivity index (χ0) is 28.7. The topological polar surface area (TPSA) is 111 Å². The van der Waals surface area contributed by atoms with E-state index in [0.717, 1.165) is 0 Å². The number of methoxy groups -OCH3 is 7. The van der Waals surface area contributed by atoms with Crippen LogP contribution in [0, 0.1) is 5.82 Å². The third-order valence-electron chi connectivity index (χ3n) is 5.67. The van der Waals surface area contributed by atoms with Gasteiger partial charge in [0.05, 0.1) is 54.7 Å². The van der Waals surface area contributed by atoms with Crippen molar-refractivity contribution in [2.75, 3.05) is 54.5 Å². The maximum absolute atomic E-state index is 14.7. The molecule has 0 atom stereocenters. The highest BCUT2D eigenvalue weighted by Crippen LogP contribution is 2.42. The average Bonchev–Trinajstić information content (AvgIpc) is 2.95. The Balaban J connectivity index is 2.12. The van der Waals surface area contributed by atoms with Crippen molar-refractivity contribution >= 4 is 27.9 Å². The Kier molecular flexibility index (Phi) is 9.36. The molecule has 1 N–H and O–H groups in total. The van der Waals surface area contributed by atoms with Gasteiger partial charge >= 0.3 is 0 Å². The number of hydrogen-bond donors (Lipinski definition) is 1. The van der Waals surface area contributed by atoms with E-state index in [1.807, 2.05) is 0 Å². The lowest BCUT2D eigenvalue weighted by Crippen LogP contribution is -2.15. The van der Waals surface area contributed by atoms with Gasteiger partial charge in [-0.05, 0) is 29.8 Å². The van der Waals surface area contributed by atoms with Gasteiger partial charge < -0.3 is 33.2 Å². The summed E-state index contributed by atoms with van der Waals surface area (Å²) in [5, 5.41) is 0. The Bertz CT molecular complexity index is 1420. The molecule has 0 spiro atoms. The van der Waals surface area contributed by atoms with Crippen LogP contribution in [-0.2, 0) is 10.0 Å². The molecule has 0 radical (unpaired) electrons. The first-order valence-corrected chi connectivity index (χ1v) is 12.8. The van der Waals surface area contributed by atoms with E-state index in [9.17, 15) is 12.8 Å². The Morgan fingerprint density at radius 2 is 1.10 bits per heavy atom. The molecule has 3 aromatic carbocycles. The Hall–Kier alpha value is -4.32. The fourth-order valence-corrected chi connectivity index (χ4v) is 4.93. The summed E-state index contributed by atoms with van der Waals surface area (Å²) >= 11 is 0. The summed E-state index contributed by atoms with van der Waals surface area (Å²) in [5.74, 6) is 0.698. The molecule has 10 nitrogen and oxygen atoms in total. The van der Waals surface area contributed by atoms with Crippen molar-refractivity contribution in [3.63, 3.8) is 0 Å². The van der Waals surface area contributed by atoms with Crippen molar-refractivity contribution in [3.05, 3.63) is 53.3 Å². The Morgan fingerprint density at radius 1 is 0.641 bits per heavy atom. The standard InChI is InChI=1S/C27H30FNO9S/c1-32-20-12-16(13-21(33-2)26(20)37-6)8-9-17-10-11-19(28)25(36-5)24(17)29-39(30,31)18-14-22(34-3)27(38-7)23(15-18)35-4/h8-15,29H,1-7H3. The minimum Gasteiger partial charge on any atom is -0.493 e. The van der Waals surface area contributed by atoms with E-state index in [1.165, 1.54) is 74.0 Å². The fourth-order valence-electron chi connectivity index (χ4n) is 3.81. The summed E-state index contributed by atoms with van der Waals surface area (Å²) in [6, 6.07) is 8.53. The smallest absolute Gasteiger partial charge is 0.262 e. The lowest BCUT2D eigenvalue weighted by Gasteiger charge is -2.17. The molecule has 0 aliphatic heterocycles. The minimum atomic E-state index is -4.29. The molecule has 0 unspecified atom stereocenters. The summed E-state index contributed by atoms with van der Waals surface area (Å²) in [6.45, 7) is 0. The van der Waals surface area contributed by atoms with E-state index in [2.05, 4.69) is 4.72 Å². The molecule has 0 aliphatic rings. The molecule has 0 amide bonds. The highest BCUT2D eigenvalue weighted by Gasteiger charge is 2.25. The highest BCUT2D eigenvalue weighted by molar-refractivity contribution is 7.92. The normalized spacial score (nSPS) is 11.2. The molecule has 0 bridgehead atoms. The molecule has 0 aromatic heterocycles. The molecule has 0 saturated heterocycles. The molecule has 0 fully saturated rings. The second kappa shape index (κ2) is 12.5. The van der Waals surface area contributed by atoms with Crippen LogP contribution in [0.25, 0.3) is 12.2 Å². The quantitative estimate of drug-likeness (QED) is 0.309. The molecule has 0 aliphatic carbocycles. The SMILES string of the molecule is COc1cc(C=Cc2ccc(F)c(OC)c2NS(=O)(=O)c2cc(OC)c(OC)c(OC)c2)cc(OC)c1OC. The van der Waals surface area contributed by atoms with Gasteiger partial charge in [-0.2, -0.15) is 0 Å². The second-order valence-electron chi connectivity index (χ2n) is 7.80. The molecule has 12 heteroatoms. The summed E-state index contributed by atoms with van der Waals surface area (Å²) in [6.07, 6.45) is 3.27. The maximum atomic E-state index is 14.7. The van der Waals surface area contributed by atoms with Gasteiger partial charge in [-0.3, -0.25) is 4.72 Å². The van der Waals surface area contributed by atoms with Crippen LogP contribution < -0.4 is 37.9 Å². The minimum absolute atomic E-state index is 0.116. The molecular weight excluding hydrogens is 533 g/mol. The lowest BCUT2D eigenvalue weighted by molar-refractivity contribution is 0.323. The van der Waals surface area contributed by atoms with Gasteiger partial charge in [0, 0.05) is 17.7 Å². The number of nitrogens with one attached hydrogen (secondary N) is 1. The number of benzene rings is 3. The van der Waals surface area contributed by atoms with E-state index in [1.54, 1.807) is 24.3 Å². The number of hydrogen-bond acceptors (Lipinski definition) is 9. The molecule has 39 heavy (non-hydrogen) atoms. The second-order valence-corrected chi connectivity index (χ2v) is 9.49. The van der Waals surface area contributed by atoms with Crippen molar-refractivity contribution in [1.29, 1.82) is 0 Å². The van der Waals surface area contributed by atoms with Gasteiger partial charge in [0.2, 0.25) is 11.5 Å². The lowest BCUT2D eigenvalue weighted by atomic mass is 10.1. The average molecular weight is 564 g/mol. The summed E-state index contributed by atoms with van der Waals surface area (Å²) in [7, 11) is 5.55. The van der Waals surface area contributed by atoms with Gasteiger partial charge in [0.25, 0.3) is 10.0 Å². The summed E-state index contributed by atoms with van der Waals surface area (Å²) < 4.78 is 81.2. The number of anilines is 1. The highest BCUT2D eigenvalue weighted by atomic mass is 32.2. The number of rotatable bonds is 12. The van der Waals surface area contributed by atoms with Crippen LogP contribution in [0.1, 0.15) is 11.1 Å². The van der Waals surface area contributed by atoms with Crippen LogP contribution in [0.5, 0.6) is 40.2 Å². The predicted octanol–water partition coefficient (Wildman–Crippen LogP) is 4.86. The summed E-state index contributed by atoms with van der Waals surface area (Å²) in [5.41, 5.74) is 0.846. The van der Waals surface area contributed by atoms with Gasteiger partial charge in [-0.1, -0.05) is 12.2 Å².